The van der Waals surface area contributed by atoms with Gasteiger partial charge in [-0.25, -0.2) is 0 Å². The summed E-state index contributed by atoms with van der Waals surface area (Å²) in [6.07, 6.45) is -0.486. The minimum atomic E-state index is -1.01. The third kappa shape index (κ3) is 5.44. The normalized spacial score (nSPS) is 20.1. The van der Waals surface area contributed by atoms with Gasteiger partial charge in [-0.1, -0.05) is 51.6 Å². The molecule has 6 heteroatoms. The molecule has 154 valence electrons. The Labute approximate surface area is 182 Å². The molecule has 2 aromatic rings. The molecule has 1 aliphatic carbocycles. The topological polar surface area (TPSA) is 59.3 Å². The van der Waals surface area contributed by atoms with Crippen LogP contribution in [-0.2, 0) is 9.53 Å². The second-order valence-electron chi connectivity index (χ2n) is 7.47. The molecule has 0 aromatic heterocycles. The predicted molar refractivity (Wildman–Crippen MR) is 115 cm³/mol. The number of para-hydroxylation sites is 1. The van der Waals surface area contributed by atoms with Crippen LogP contribution in [0.15, 0.2) is 54.6 Å². The Hall–Kier alpha value is -2.22. The average molecular weight is 434 g/mol. The van der Waals surface area contributed by atoms with Gasteiger partial charge in [0.2, 0.25) is 6.10 Å². The highest BCUT2D eigenvalue weighted by Crippen LogP contribution is 2.61. The molecule has 0 aliphatic heterocycles. The standard InChI is InChI=1S/C22H21Cl2NO3.CH4/c1-22(2)17(12-19(23)24)20(22)21(26)28-18(13-25)14-7-6-10-16(11-14)27-15-8-4-3-5-9-15;/h3-11,17-20H,12H2,1-2H3;1H4/t17-,18+,20-;/m0./s1. The van der Waals surface area contributed by atoms with Gasteiger partial charge in [-0.3, -0.25) is 4.79 Å². The summed E-state index contributed by atoms with van der Waals surface area (Å²) < 4.78 is 11.3. The molecule has 0 heterocycles. The second-order valence-corrected chi connectivity index (χ2v) is 8.74. The number of alkyl halides is 2. The molecule has 1 fully saturated rings. The van der Waals surface area contributed by atoms with Crippen LogP contribution >= 0.6 is 23.2 Å². The number of benzene rings is 2. The molecule has 0 N–H and O–H groups in total. The van der Waals surface area contributed by atoms with Crippen LogP contribution in [0, 0.1) is 28.6 Å². The van der Waals surface area contributed by atoms with Crippen molar-refractivity contribution in [3.05, 3.63) is 60.2 Å². The number of hydrogen-bond donors (Lipinski definition) is 0. The van der Waals surface area contributed by atoms with Crippen LogP contribution in [0.5, 0.6) is 11.5 Å². The maximum atomic E-state index is 12.6. The lowest BCUT2D eigenvalue weighted by atomic mass is 10.1. The Bertz CT molecular complexity index is 877. The molecule has 0 unspecified atom stereocenters. The fraction of sp³-hybridized carbons (Fsp3) is 0.391. The molecule has 3 rings (SSSR count). The highest BCUT2D eigenvalue weighted by Gasteiger charge is 2.62. The number of rotatable bonds is 7. The zero-order valence-corrected chi connectivity index (χ0v) is 17.2. The lowest BCUT2D eigenvalue weighted by Crippen LogP contribution is -2.14. The van der Waals surface area contributed by atoms with Gasteiger partial charge in [0, 0.05) is 5.56 Å². The van der Waals surface area contributed by atoms with E-state index in [1.807, 2.05) is 44.2 Å². The van der Waals surface area contributed by atoms with Gasteiger partial charge in [-0.15, -0.1) is 23.2 Å². The zero-order valence-electron chi connectivity index (χ0n) is 15.6. The Morgan fingerprint density at radius 2 is 1.79 bits per heavy atom. The summed E-state index contributed by atoms with van der Waals surface area (Å²) in [6.45, 7) is 3.96. The third-order valence-electron chi connectivity index (χ3n) is 5.23. The molecule has 0 spiro atoms. The molecule has 2 aromatic carbocycles. The van der Waals surface area contributed by atoms with E-state index < -0.39 is 16.9 Å². The SMILES string of the molecule is C.CC1(C)[C@H](C(=O)O[C@H](C#N)c2cccc(Oc3ccccc3)c2)[C@@H]1CC(Cl)Cl. The van der Waals surface area contributed by atoms with Crippen molar-refractivity contribution in [3.8, 4) is 17.6 Å². The highest BCUT2D eigenvalue weighted by atomic mass is 35.5. The molecular weight excluding hydrogens is 409 g/mol. The lowest BCUT2D eigenvalue weighted by molar-refractivity contribution is -0.149. The van der Waals surface area contributed by atoms with Gasteiger partial charge in [0.1, 0.15) is 22.4 Å². The quantitative estimate of drug-likeness (QED) is 0.360. The molecule has 29 heavy (non-hydrogen) atoms. The van der Waals surface area contributed by atoms with Crippen molar-refractivity contribution in [2.24, 2.45) is 17.3 Å². The number of esters is 1. The minimum absolute atomic E-state index is 0. The first-order valence-electron chi connectivity index (χ1n) is 9.04. The molecule has 0 radical (unpaired) electrons. The number of carbonyl (C=O) groups is 1. The Balaban J connectivity index is 0.00000300. The zero-order chi connectivity index (χ0) is 20.3. The largest absolute Gasteiger partial charge is 0.457 e. The molecule has 0 saturated heterocycles. The van der Waals surface area contributed by atoms with Crippen LogP contribution in [0.1, 0.15) is 39.4 Å². The van der Waals surface area contributed by atoms with Crippen LogP contribution in [-0.4, -0.2) is 10.8 Å². The van der Waals surface area contributed by atoms with Crippen molar-refractivity contribution < 1.29 is 14.3 Å². The maximum absolute atomic E-state index is 12.6. The Morgan fingerprint density at radius 3 is 2.41 bits per heavy atom. The molecule has 3 atom stereocenters. The van der Waals surface area contributed by atoms with Gasteiger partial charge in [-0.05, 0) is 42.0 Å². The van der Waals surface area contributed by atoms with E-state index in [1.54, 1.807) is 24.3 Å². The van der Waals surface area contributed by atoms with Crippen molar-refractivity contribution in [1.82, 2.24) is 0 Å². The third-order valence-corrected chi connectivity index (χ3v) is 5.58. The number of carbonyl (C=O) groups excluding carboxylic acids is 1. The summed E-state index contributed by atoms with van der Waals surface area (Å²) in [5, 5.41) is 9.54. The average Bonchev–Trinajstić information content (AvgIpc) is 3.20. The number of ether oxygens (including phenoxy) is 2. The summed E-state index contributed by atoms with van der Waals surface area (Å²) >= 11 is 11.7. The van der Waals surface area contributed by atoms with E-state index in [4.69, 9.17) is 32.7 Å². The van der Waals surface area contributed by atoms with Gasteiger partial charge < -0.3 is 9.47 Å². The van der Waals surface area contributed by atoms with E-state index in [9.17, 15) is 10.1 Å². The minimum Gasteiger partial charge on any atom is -0.457 e. The number of hydrogen-bond acceptors (Lipinski definition) is 4. The maximum Gasteiger partial charge on any atom is 0.311 e. The van der Waals surface area contributed by atoms with E-state index in [1.165, 1.54) is 0 Å². The lowest BCUT2D eigenvalue weighted by Gasteiger charge is -2.13. The molecule has 1 aliphatic rings. The van der Waals surface area contributed by atoms with Gasteiger partial charge in [0.25, 0.3) is 0 Å². The van der Waals surface area contributed by atoms with Gasteiger partial charge in [0.15, 0.2) is 0 Å². The first kappa shape index (κ1) is 23.1. The first-order chi connectivity index (χ1) is 13.3. The summed E-state index contributed by atoms with van der Waals surface area (Å²) in [5.74, 6) is 0.588. The van der Waals surface area contributed by atoms with E-state index in [0.717, 1.165) is 0 Å². The highest BCUT2D eigenvalue weighted by molar-refractivity contribution is 6.44. The monoisotopic (exact) mass is 433 g/mol. The van der Waals surface area contributed by atoms with E-state index in [-0.39, 0.29) is 24.7 Å². The number of nitrogens with zero attached hydrogens (tertiary/aromatic N) is 1. The van der Waals surface area contributed by atoms with E-state index in [0.29, 0.717) is 23.5 Å². The summed E-state index contributed by atoms with van der Waals surface area (Å²) in [5.41, 5.74) is 0.323. The molecular formula is C23H25Cl2NO3. The fourth-order valence-corrected chi connectivity index (χ4v) is 3.95. The number of nitriles is 1. The predicted octanol–water partition coefficient (Wildman–Crippen LogP) is 6.69. The Kier molecular flexibility index (Phi) is 7.57. The molecule has 4 nitrogen and oxygen atoms in total. The van der Waals surface area contributed by atoms with Gasteiger partial charge >= 0.3 is 5.97 Å². The fourth-order valence-electron chi connectivity index (χ4n) is 3.57. The van der Waals surface area contributed by atoms with E-state index in [2.05, 4.69) is 6.07 Å². The van der Waals surface area contributed by atoms with Crippen LogP contribution in [0.3, 0.4) is 0 Å². The van der Waals surface area contributed by atoms with Crippen LogP contribution in [0.2, 0.25) is 0 Å². The van der Waals surface area contributed by atoms with Crippen molar-refractivity contribution in [3.63, 3.8) is 0 Å². The summed E-state index contributed by atoms with van der Waals surface area (Å²) in [6, 6.07) is 18.4. The van der Waals surface area contributed by atoms with Crippen molar-refractivity contribution in [2.45, 2.75) is 38.6 Å². The molecule has 0 bridgehead atoms. The second kappa shape index (κ2) is 9.52. The van der Waals surface area contributed by atoms with Crippen molar-refractivity contribution in [2.75, 3.05) is 0 Å². The first-order valence-corrected chi connectivity index (χ1v) is 9.91. The smallest absolute Gasteiger partial charge is 0.311 e. The van der Waals surface area contributed by atoms with Crippen LogP contribution < -0.4 is 4.74 Å². The van der Waals surface area contributed by atoms with Crippen molar-refractivity contribution >= 4 is 29.2 Å². The van der Waals surface area contributed by atoms with Gasteiger partial charge in [-0.2, -0.15) is 5.26 Å². The molecule has 0 amide bonds. The van der Waals surface area contributed by atoms with Gasteiger partial charge in [0.05, 0.1) is 5.92 Å². The molecule has 1 saturated carbocycles. The number of halogens is 2. The van der Waals surface area contributed by atoms with E-state index >= 15 is 0 Å². The summed E-state index contributed by atoms with van der Waals surface area (Å²) in [4.78, 5) is 12.1. The van der Waals surface area contributed by atoms with Crippen molar-refractivity contribution in [1.29, 1.82) is 5.26 Å². The summed E-state index contributed by atoms with van der Waals surface area (Å²) in [7, 11) is 0. The van der Waals surface area contributed by atoms with Crippen LogP contribution in [0.4, 0.5) is 0 Å². The van der Waals surface area contributed by atoms with Crippen LogP contribution in [0.25, 0.3) is 0 Å². The Morgan fingerprint density at radius 1 is 1.14 bits per heavy atom.